The second-order valence-corrected chi connectivity index (χ2v) is 4.99. The van der Waals surface area contributed by atoms with Gasteiger partial charge < -0.3 is 9.84 Å². The van der Waals surface area contributed by atoms with Crippen molar-refractivity contribution in [2.45, 2.75) is 12.7 Å². The standard InChI is InChI=1S/C15H13BrO3/c16-13-8-4-7-12(9-13)14(15(17)18)19-10-11-5-2-1-3-6-11/h1-9,14H,10H2,(H,17,18). The van der Waals surface area contributed by atoms with Gasteiger partial charge in [-0.3, -0.25) is 0 Å². The number of hydrogen-bond acceptors (Lipinski definition) is 2. The fourth-order valence-corrected chi connectivity index (χ4v) is 2.15. The Morgan fingerprint density at radius 2 is 1.89 bits per heavy atom. The van der Waals surface area contributed by atoms with Gasteiger partial charge >= 0.3 is 5.97 Å². The molecule has 0 radical (unpaired) electrons. The highest BCUT2D eigenvalue weighted by Crippen LogP contribution is 2.22. The van der Waals surface area contributed by atoms with E-state index < -0.39 is 12.1 Å². The quantitative estimate of drug-likeness (QED) is 0.911. The second kappa shape index (κ2) is 6.50. The molecule has 2 rings (SSSR count). The maximum Gasteiger partial charge on any atom is 0.337 e. The monoisotopic (exact) mass is 320 g/mol. The summed E-state index contributed by atoms with van der Waals surface area (Å²) in [7, 11) is 0. The zero-order chi connectivity index (χ0) is 13.7. The van der Waals surface area contributed by atoms with Crippen LogP contribution in [0.4, 0.5) is 0 Å². The van der Waals surface area contributed by atoms with Crippen LogP contribution in [0.5, 0.6) is 0 Å². The summed E-state index contributed by atoms with van der Waals surface area (Å²) >= 11 is 3.33. The molecule has 1 N–H and O–H groups in total. The molecule has 1 atom stereocenters. The van der Waals surface area contributed by atoms with Crippen LogP contribution in [0.1, 0.15) is 17.2 Å². The zero-order valence-electron chi connectivity index (χ0n) is 10.1. The molecule has 19 heavy (non-hydrogen) atoms. The van der Waals surface area contributed by atoms with Gasteiger partial charge in [0.05, 0.1) is 6.61 Å². The second-order valence-electron chi connectivity index (χ2n) is 4.07. The van der Waals surface area contributed by atoms with E-state index in [0.717, 1.165) is 10.0 Å². The van der Waals surface area contributed by atoms with Crippen LogP contribution >= 0.6 is 15.9 Å². The predicted molar refractivity (Wildman–Crippen MR) is 75.7 cm³/mol. The van der Waals surface area contributed by atoms with Crippen molar-refractivity contribution in [2.24, 2.45) is 0 Å². The van der Waals surface area contributed by atoms with E-state index in [1.807, 2.05) is 36.4 Å². The molecule has 0 aliphatic heterocycles. The first-order chi connectivity index (χ1) is 9.16. The Balaban J connectivity index is 2.11. The summed E-state index contributed by atoms with van der Waals surface area (Å²) in [6.07, 6.45) is -0.960. The van der Waals surface area contributed by atoms with Crippen molar-refractivity contribution < 1.29 is 14.6 Å². The van der Waals surface area contributed by atoms with E-state index >= 15 is 0 Å². The van der Waals surface area contributed by atoms with Gasteiger partial charge in [-0.25, -0.2) is 4.79 Å². The van der Waals surface area contributed by atoms with E-state index in [-0.39, 0.29) is 6.61 Å². The highest BCUT2D eigenvalue weighted by Gasteiger charge is 2.20. The van der Waals surface area contributed by atoms with Gasteiger partial charge in [0.15, 0.2) is 6.10 Å². The minimum atomic E-state index is -0.992. The molecule has 0 amide bonds. The Morgan fingerprint density at radius 3 is 2.53 bits per heavy atom. The topological polar surface area (TPSA) is 46.5 Å². The fourth-order valence-electron chi connectivity index (χ4n) is 1.73. The average Bonchev–Trinajstić information content (AvgIpc) is 2.40. The van der Waals surface area contributed by atoms with Gasteiger partial charge in [0, 0.05) is 4.47 Å². The third-order valence-electron chi connectivity index (χ3n) is 2.64. The minimum Gasteiger partial charge on any atom is -0.479 e. The Bertz CT molecular complexity index is 554. The van der Waals surface area contributed by atoms with Crippen LogP contribution < -0.4 is 0 Å². The summed E-state index contributed by atoms with van der Waals surface area (Å²) in [6, 6.07) is 16.6. The fraction of sp³-hybridized carbons (Fsp3) is 0.133. The molecule has 4 heteroatoms. The molecular formula is C15H13BrO3. The van der Waals surface area contributed by atoms with E-state index in [1.54, 1.807) is 18.2 Å². The third-order valence-corrected chi connectivity index (χ3v) is 3.13. The minimum absolute atomic E-state index is 0.268. The van der Waals surface area contributed by atoms with Gasteiger partial charge in [-0.05, 0) is 23.3 Å². The van der Waals surface area contributed by atoms with Gasteiger partial charge in [-0.15, -0.1) is 0 Å². The first kappa shape index (κ1) is 13.8. The Kier molecular flexibility index (Phi) is 4.71. The van der Waals surface area contributed by atoms with Crippen LogP contribution in [-0.2, 0) is 16.1 Å². The van der Waals surface area contributed by atoms with E-state index in [2.05, 4.69) is 15.9 Å². The molecule has 0 aromatic heterocycles. The smallest absolute Gasteiger partial charge is 0.337 e. The van der Waals surface area contributed by atoms with E-state index in [4.69, 9.17) is 4.74 Å². The van der Waals surface area contributed by atoms with Crippen molar-refractivity contribution in [1.29, 1.82) is 0 Å². The SMILES string of the molecule is O=C(O)C(OCc1ccccc1)c1cccc(Br)c1. The van der Waals surface area contributed by atoms with Crippen molar-refractivity contribution in [3.63, 3.8) is 0 Å². The molecule has 1 unspecified atom stereocenters. The lowest BCUT2D eigenvalue weighted by Crippen LogP contribution is -2.15. The molecular weight excluding hydrogens is 308 g/mol. The summed E-state index contributed by atoms with van der Waals surface area (Å²) in [6.45, 7) is 0.268. The number of rotatable bonds is 5. The molecule has 0 saturated heterocycles. The van der Waals surface area contributed by atoms with Gasteiger partial charge in [0.1, 0.15) is 0 Å². The number of halogens is 1. The number of ether oxygens (including phenoxy) is 1. The molecule has 0 saturated carbocycles. The number of carbonyl (C=O) groups is 1. The lowest BCUT2D eigenvalue weighted by Gasteiger charge is -2.14. The number of carboxylic acids is 1. The van der Waals surface area contributed by atoms with Gasteiger partial charge in [-0.2, -0.15) is 0 Å². The van der Waals surface area contributed by atoms with E-state index in [1.165, 1.54) is 0 Å². The Hall–Kier alpha value is -1.65. The highest BCUT2D eigenvalue weighted by molar-refractivity contribution is 9.10. The van der Waals surface area contributed by atoms with Gasteiger partial charge in [0.25, 0.3) is 0 Å². The first-order valence-corrected chi connectivity index (χ1v) is 6.60. The lowest BCUT2D eigenvalue weighted by molar-refractivity contribution is -0.151. The predicted octanol–water partition coefficient (Wildman–Crippen LogP) is 3.79. The van der Waals surface area contributed by atoms with E-state index in [9.17, 15) is 9.90 Å². The van der Waals surface area contributed by atoms with Crippen LogP contribution in [0.15, 0.2) is 59.1 Å². The van der Waals surface area contributed by atoms with Crippen molar-refractivity contribution in [2.75, 3.05) is 0 Å². The molecule has 3 nitrogen and oxygen atoms in total. The largest absolute Gasteiger partial charge is 0.479 e. The van der Waals surface area contributed by atoms with Crippen molar-refractivity contribution in [3.8, 4) is 0 Å². The van der Waals surface area contributed by atoms with Gasteiger partial charge in [0.2, 0.25) is 0 Å². The highest BCUT2D eigenvalue weighted by atomic mass is 79.9. The molecule has 0 aliphatic carbocycles. The molecule has 0 fully saturated rings. The van der Waals surface area contributed by atoms with Gasteiger partial charge in [-0.1, -0.05) is 58.4 Å². The van der Waals surface area contributed by atoms with Crippen LogP contribution in [0.3, 0.4) is 0 Å². The first-order valence-electron chi connectivity index (χ1n) is 5.80. The maximum absolute atomic E-state index is 11.3. The summed E-state index contributed by atoms with van der Waals surface area (Å²) in [5, 5.41) is 9.26. The molecule has 2 aromatic rings. The summed E-state index contributed by atoms with van der Waals surface area (Å²) in [4.78, 5) is 11.3. The van der Waals surface area contributed by atoms with Crippen LogP contribution in [0, 0.1) is 0 Å². The van der Waals surface area contributed by atoms with E-state index in [0.29, 0.717) is 5.56 Å². The summed E-state index contributed by atoms with van der Waals surface area (Å²) in [5.41, 5.74) is 1.57. The summed E-state index contributed by atoms with van der Waals surface area (Å²) < 4.78 is 6.34. The molecule has 0 heterocycles. The van der Waals surface area contributed by atoms with Crippen LogP contribution in [-0.4, -0.2) is 11.1 Å². The Labute approximate surface area is 120 Å². The summed E-state index contributed by atoms with van der Waals surface area (Å²) in [5.74, 6) is -0.992. The number of aliphatic carboxylic acids is 1. The number of carboxylic acid groups (broad SMARTS) is 1. The molecule has 98 valence electrons. The molecule has 0 spiro atoms. The zero-order valence-corrected chi connectivity index (χ0v) is 11.7. The van der Waals surface area contributed by atoms with Crippen LogP contribution in [0.25, 0.3) is 0 Å². The maximum atomic E-state index is 11.3. The normalized spacial score (nSPS) is 12.1. The van der Waals surface area contributed by atoms with Crippen LogP contribution in [0.2, 0.25) is 0 Å². The molecule has 0 aliphatic rings. The molecule has 2 aromatic carbocycles. The average molecular weight is 321 g/mol. The van der Waals surface area contributed by atoms with Crippen molar-refractivity contribution in [1.82, 2.24) is 0 Å². The van der Waals surface area contributed by atoms with Crippen molar-refractivity contribution in [3.05, 3.63) is 70.2 Å². The van der Waals surface area contributed by atoms with Crippen molar-refractivity contribution >= 4 is 21.9 Å². The third kappa shape index (κ3) is 3.91. The number of benzene rings is 2. The molecule has 0 bridgehead atoms. The lowest BCUT2D eigenvalue weighted by atomic mass is 10.1. The Morgan fingerprint density at radius 1 is 1.16 bits per heavy atom. The number of hydrogen-bond donors (Lipinski definition) is 1.